The Labute approximate surface area is 175 Å². The molecule has 0 aliphatic heterocycles. The molecule has 0 atom stereocenters. The Balaban J connectivity index is 0.000000171. The second-order valence-electron chi connectivity index (χ2n) is 6.73. The van der Waals surface area contributed by atoms with Gasteiger partial charge in [0, 0.05) is 0 Å². The standard InChI is InChI=1S/2C13H12O2/c1-2-15-13(14)12-9-5-7-10-6-3-4-8-11(10)12;1-2-9-7-8-10-5-3-4-6-11(10)12(9)13(14)15/h3-9H,2H2,1H3;3-8H,2H2,1H3,(H,14,15). The number of carbonyl (C=O) groups is 2. The highest BCUT2D eigenvalue weighted by Crippen LogP contribution is 2.23. The lowest BCUT2D eigenvalue weighted by Gasteiger charge is -2.07. The number of hydrogen-bond donors (Lipinski definition) is 1. The van der Waals surface area contributed by atoms with Crippen molar-refractivity contribution in [2.45, 2.75) is 20.3 Å². The van der Waals surface area contributed by atoms with E-state index in [9.17, 15) is 14.7 Å². The van der Waals surface area contributed by atoms with Crippen molar-refractivity contribution in [1.82, 2.24) is 0 Å². The molecule has 30 heavy (non-hydrogen) atoms. The number of hydrogen-bond acceptors (Lipinski definition) is 3. The molecule has 0 bridgehead atoms. The minimum Gasteiger partial charge on any atom is -0.478 e. The maximum Gasteiger partial charge on any atom is 0.338 e. The summed E-state index contributed by atoms with van der Waals surface area (Å²) in [5, 5.41) is 13.0. The SMILES string of the molecule is CCOC(=O)c1cccc2ccccc12.CCc1ccc2ccccc2c1C(=O)O. The van der Waals surface area contributed by atoms with Crippen LogP contribution in [0.15, 0.2) is 78.9 Å². The van der Waals surface area contributed by atoms with Gasteiger partial charge in [-0.1, -0.05) is 79.7 Å². The Morgan fingerprint density at radius 1 is 0.767 bits per heavy atom. The molecule has 0 heterocycles. The fraction of sp³-hybridized carbons (Fsp3) is 0.154. The number of rotatable bonds is 4. The molecule has 4 nitrogen and oxygen atoms in total. The van der Waals surface area contributed by atoms with Gasteiger partial charge in [-0.3, -0.25) is 0 Å². The summed E-state index contributed by atoms with van der Waals surface area (Å²) >= 11 is 0. The van der Waals surface area contributed by atoms with E-state index in [1.54, 1.807) is 6.07 Å². The number of aromatic carboxylic acids is 1. The van der Waals surface area contributed by atoms with Gasteiger partial charge in [-0.05, 0) is 46.5 Å². The minimum absolute atomic E-state index is 0.255. The van der Waals surface area contributed by atoms with Crippen LogP contribution >= 0.6 is 0 Å². The molecule has 4 aromatic rings. The predicted molar refractivity (Wildman–Crippen MR) is 120 cm³/mol. The van der Waals surface area contributed by atoms with Gasteiger partial charge in [0.1, 0.15) is 0 Å². The minimum atomic E-state index is -0.844. The number of ether oxygens (including phenoxy) is 1. The van der Waals surface area contributed by atoms with Gasteiger partial charge < -0.3 is 9.84 Å². The highest BCUT2D eigenvalue weighted by molar-refractivity contribution is 6.05. The third-order valence-corrected chi connectivity index (χ3v) is 4.90. The third kappa shape index (κ3) is 4.49. The molecular formula is C26H24O4. The molecule has 1 N–H and O–H groups in total. The predicted octanol–water partition coefficient (Wildman–Crippen LogP) is 6.12. The molecular weight excluding hydrogens is 376 g/mol. The molecule has 0 amide bonds. The monoisotopic (exact) mass is 400 g/mol. The van der Waals surface area contributed by atoms with Gasteiger partial charge in [0.05, 0.1) is 17.7 Å². The van der Waals surface area contributed by atoms with E-state index in [0.29, 0.717) is 17.7 Å². The summed E-state index contributed by atoms with van der Waals surface area (Å²) in [6, 6.07) is 24.9. The molecule has 4 heteroatoms. The van der Waals surface area contributed by atoms with Crippen LogP contribution in [0.4, 0.5) is 0 Å². The van der Waals surface area contributed by atoms with Crippen molar-refractivity contribution in [3.63, 3.8) is 0 Å². The van der Waals surface area contributed by atoms with Crippen LogP contribution in [0.1, 0.15) is 40.1 Å². The Kier molecular flexibility index (Phi) is 6.81. The van der Waals surface area contributed by atoms with E-state index in [1.807, 2.05) is 86.6 Å². The summed E-state index contributed by atoms with van der Waals surface area (Å²) in [5.74, 6) is -1.10. The quantitative estimate of drug-likeness (QED) is 0.419. The Morgan fingerprint density at radius 3 is 2.00 bits per heavy atom. The van der Waals surface area contributed by atoms with E-state index in [-0.39, 0.29) is 5.97 Å². The average molecular weight is 400 g/mol. The van der Waals surface area contributed by atoms with Crippen LogP contribution in [0.2, 0.25) is 0 Å². The number of carboxylic acid groups (broad SMARTS) is 1. The maximum atomic E-state index is 11.6. The number of esters is 1. The zero-order valence-corrected chi connectivity index (χ0v) is 17.1. The van der Waals surface area contributed by atoms with E-state index >= 15 is 0 Å². The summed E-state index contributed by atoms with van der Waals surface area (Å²) in [6.45, 7) is 4.18. The molecule has 4 rings (SSSR count). The zero-order chi connectivity index (χ0) is 21.5. The second-order valence-corrected chi connectivity index (χ2v) is 6.73. The van der Waals surface area contributed by atoms with Crippen molar-refractivity contribution >= 4 is 33.5 Å². The fourth-order valence-corrected chi connectivity index (χ4v) is 3.48. The number of aryl methyl sites for hydroxylation is 1. The largest absolute Gasteiger partial charge is 0.478 e. The highest BCUT2D eigenvalue weighted by atomic mass is 16.5. The first-order valence-electron chi connectivity index (χ1n) is 9.95. The average Bonchev–Trinajstić information content (AvgIpc) is 2.78. The summed E-state index contributed by atoms with van der Waals surface area (Å²) in [7, 11) is 0. The molecule has 152 valence electrons. The van der Waals surface area contributed by atoms with Crippen molar-refractivity contribution in [3.8, 4) is 0 Å². The van der Waals surface area contributed by atoms with Crippen molar-refractivity contribution in [1.29, 1.82) is 0 Å². The summed E-state index contributed by atoms with van der Waals surface area (Å²) in [5.41, 5.74) is 1.96. The molecule has 0 unspecified atom stereocenters. The molecule has 0 radical (unpaired) electrons. The number of carbonyl (C=O) groups excluding carboxylic acids is 1. The number of carboxylic acids is 1. The summed E-state index contributed by atoms with van der Waals surface area (Å²) in [6.07, 6.45) is 0.743. The van der Waals surface area contributed by atoms with Gasteiger partial charge in [0.2, 0.25) is 0 Å². The summed E-state index contributed by atoms with van der Waals surface area (Å²) in [4.78, 5) is 22.8. The smallest absolute Gasteiger partial charge is 0.338 e. The van der Waals surface area contributed by atoms with Gasteiger partial charge in [-0.15, -0.1) is 0 Å². The summed E-state index contributed by atoms with van der Waals surface area (Å²) < 4.78 is 5.00. The Bertz CT molecular complexity index is 1190. The van der Waals surface area contributed by atoms with Crippen LogP contribution in [0.25, 0.3) is 21.5 Å². The van der Waals surface area contributed by atoms with Crippen molar-refractivity contribution in [3.05, 3.63) is 95.6 Å². The normalized spacial score (nSPS) is 10.3. The third-order valence-electron chi connectivity index (χ3n) is 4.90. The molecule has 4 aromatic carbocycles. The molecule has 0 aromatic heterocycles. The van der Waals surface area contributed by atoms with E-state index < -0.39 is 5.97 Å². The van der Waals surface area contributed by atoms with Gasteiger partial charge in [-0.2, -0.15) is 0 Å². The lowest BCUT2D eigenvalue weighted by atomic mass is 9.97. The zero-order valence-electron chi connectivity index (χ0n) is 17.1. The molecule has 0 fully saturated rings. The maximum absolute atomic E-state index is 11.6. The second kappa shape index (κ2) is 9.70. The van der Waals surface area contributed by atoms with E-state index in [0.717, 1.165) is 33.5 Å². The van der Waals surface area contributed by atoms with Gasteiger partial charge in [-0.25, -0.2) is 9.59 Å². The first-order chi connectivity index (χ1) is 14.6. The lowest BCUT2D eigenvalue weighted by molar-refractivity contribution is 0.0528. The lowest BCUT2D eigenvalue weighted by Crippen LogP contribution is -2.04. The van der Waals surface area contributed by atoms with Crippen molar-refractivity contribution < 1.29 is 19.4 Å². The Hall–Kier alpha value is -3.66. The van der Waals surface area contributed by atoms with Gasteiger partial charge in [0.15, 0.2) is 0 Å². The van der Waals surface area contributed by atoms with E-state index in [1.165, 1.54) is 0 Å². The topological polar surface area (TPSA) is 63.6 Å². The van der Waals surface area contributed by atoms with Crippen LogP contribution < -0.4 is 0 Å². The molecule has 0 spiro atoms. The van der Waals surface area contributed by atoms with Crippen molar-refractivity contribution in [2.75, 3.05) is 6.61 Å². The van der Waals surface area contributed by atoms with E-state index in [4.69, 9.17) is 4.74 Å². The van der Waals surface area contributed by atoms with Crippen LogP contribution in [0.3, 0.4) is 0 Å². The van der Waals surface area contributed by atoms with Crippen LogP contribution in [-0.2, 0) is 11.2 Å². The van der Waals surface area contributed by atoms with Crippen LogP contribution in [0.5, 0.6) is 0 Å². The van der Waals surface area contributed by atoms with Crippen LogP contribution in [-0.4, -0.2) is 23.7 Å². The van der Waals surface area contributed by atoms with Crippen molar-refractivity contribution in [2.24, 2.45) is 0 Å². The number of fused-ring (bicyclic) bond motifs is 2. The fourth-order valence-electron chi connectivity index (χ4n) is 3.48. The molecule has 0 saturated carbocycles. The molecule has 0 saturated heterocycles. The first kappa shape index (κ1) is 21.1. The van der Waals surface area contributed by atoms with E-state index in [2.05, 4.69) is 0 Å². The number of benzene rings is 4. The first-order valence-corrected chi connectivity index (χ1v) is 9.95. The molecule has 0 aliphatic rings. The highest BCUT2D eigenvalue weighted by Gasteiger charge is 2.12. The van der Waals surface area contributed by atoms with Crippen LogP contribution in [0, 0.1) is 0 Å². The Morgan fingerprint density at radius 2 is 1.37 bits per heavy atom. The van der Waals surface area contributed by atoms with Gasteiger partial charge in [0.25, 0.3) is 0 Å². The van der Waals surface area contributed by atoms with Gasteiger partial charge >= 0.3 is 11.9 Å². The molecule has 0 aliphatic carbocycles.